The molecule has 5 heteroatoms. The monoisotopic (exact) mass is 848 g/mol. The summed E-state index contributed by atoms with van der Waals surface area (Å²) in [6.07, 6.45) is 18.3. The molecule has 0 N–H and O–H groups in total. The van der Waals surface area contributed by atoms with E-state index in [-0.39, 0.29) is 35.6 Å². The van der Waals surface area contributed by atoms with E-state index in [2.05, 4.69) is 122 Å². The van der Waals surface area contributed by atoms with Crippen LogP contribution in [-0.2, 0) is 35.1 Å². The Labute approximate surface area is 352 Å². The molecule has 276 valence electrons. The maximum atomic E-state index is 6.20. The zero-order valence-electron chi connectivity index (χ0n) is 32.2. The SMILES string of the molecule is CC(C)(C)c1cc2c(cc1-c1ccc(Cl)cc1)[cH-]c1cc(-c3ccc(Cl)cc3)c(C(C)(C)C)cc12.CCCC[C](=[Zr+2])CCCC.[C-]1=CC=CC1.[Cl-].[Cl-]. The third-order valence-electron chi connectivity index (χ3n) is 9.16. The predicted octanol–water partition coefficient (Wildman–Crippen LogP) is 9.35. The average molecular weight is 852 g/mol. The van der Waals surface area contributed by atoms with E-state index in [0.717, 1.165) is 16.5 Å². The van der Waals surface area contributed by atoms with Crippen molar-refractivity contribution in [3.63, 3.8) is 0 Å². The summed E-state index contributed by atoms with van der Waals surface area (Å²) in [5, 5.41) is 6.69. The van der Waals surface area contributed by atoms with Crippen LogP contribution < -0.4 is 24.8 Å². The van der Waals surface area contributed by atoms with Gasteiger partial charge in [-0.15, -0.1) is 46.2 Å². The first-order chi connectivity index (χ1) is 23.7. The van der Waals surface area contributed by atoms with Crippen LogP contribution in [0.2, 0.25) is 10.0 Å². The molecule has 0 heterocycles. The molecular formula is C47H54Cl4Zr-2. The zero-order valence-corrected chi connectivity index (χ0v) is 37.7. The second-order valence-corrected chi connectivity index (χ2v) is 18.1. The van der Waals surface area contributed by atoms with Gasteiger partial charge >= 0.3 is 79.8 Å². The molecule has 0 spiro atoms. The number of fused-ring (bicyclic) bond motifs is 3. The second-order valence-electron chi connectivity index (χ2n) is 15.4. The molecule has 5 aromatic rings. The van der Waals surface area contributed by atoms with Crippen molar-refractivity contribution in [1.82, 2.24) is 0 Å². The zero-order chi connectivity index (χ0) is 36.5. The molecule has 6 rings (SSSR count). The van der Waals surface area contributed by atoms with E-state index >= 15 is 0 Å². The molecule has 0 bridgehead atoms. The Hall–Kier alpha value is -1.86. The minimum atomic E-state index is 0. The quantitative estimate of drug-likeness (QED) is 0.137. The Bertz CT molecular complexity index is 1790. The third kappa shape index (κ3) is 12.9. The topological polar surface area (TPSA) is 0 Å². The van der Waals surface area contributed by atoms with Crippen LogP contribution in [0.25, 0.3) is 43.8 Å². The predicted molar refractivity (Wildman–Crippen MR) is 221 cm³/mol. The molecule has 0 aromatic heterocycles. The third-order valence-corrected chi connectivity index (χ3v) is 10.9. The number of benzene rings is 4. The normalized spacial score (nSPS) is 12.1. The van der Waals surface area contributed by atoms with Gasteiger partial charge in [-0.2, -0.15) is 6.08 Å². The molecule has 5 aromatic carbocycles. The van der Waals surface area contributed by atoms with E-state index in [0.29, 0.717) is 0 Å². The van der Waals surface area contributed by atoms with Gasteiger partial charge in [0.05, 0.1) is 0 Å². The van der Waals surface area contributed by atoms with Gasteiger partial charge in [-0.05, 0) is 68.5 Å². The van der Waals surface area contributed by atoms with Gasteiger partial charge in [0.15, 0.2) is 0 Å². The minimum Gasteiger partial charge on any atom is -1.00 e. The molecule has 0 saturated carbocycles. The van der Waals surface area contributed by atoms with Crippen molar-refractivity contribution in [3.05, 3.63) is 124 Å². The summed E-state index contributed by atoms with van der Waals surface area (Å²) in [5.41, 5.74) is 7.63. The van der Waals surface area contributed by atoms with Crippen molar-refractivity contribution in [2.45, 2.75) is 111 Å². The molecule has 1 aliphatic rings. The molecule has 0 fully saturated rings. The van der Waals surface area contributed by atoms with Gasteiger partial charge in [-0.1, -0.05) is 101 Å². The molecule has 0 radical (unpaired) electrons. The molecule has 0 atom stereocenters. The maximum absolute atomic E-state index is 6.20. The van der Waals surface area contributed by atoms with Crippen LogP contribution in [0.15, 0.2) is 97.1 Å². The fourth-order valence-corrected chi connectivity index (χ4v) is 7.45. The van der Waals surface area contributed by atoms with E-state index in [1.165, 1.54) is 93.5 Å². The van der Waals surface area contributed by atoms with Gasteiger partial charge in [0.2, 0.25) is 0 Å². The Kier molecular flexibility index (Phi) is 19.0. The number of rotatable bonds is 8. The van der Waals surface area contributed by atoms with Crippen LogP contribution in [-0.4, -0.2) is 3.21 Å². The number of unbranched alkanes of at least 4 members (excludes halogenated alkanes) is 2. The molecule has 52 heavy (non-hydrogen) atoms. The van der Waals surface area contributed by atoms with E-state index in [9.17, 15) is 0 Å². The van der Waals surface area contributed by atoms with Crippen molar-refractivity contribution in [2.24, 2.45) is 0 Å². The fraction of sp³-hybridized carbons (Fsp3) is 0.362. The van der Waals surface area contributed by atoms with Gasteiger partial charge in [-0.25, -0.2) is 12.2 Å². The van der Waals surface area contributed by atoms with E-state index in [1.54, 1.807) is 27.4 Å². The number of allylic oxidation sites excluding steroid dienone is 4. The summed E-state index contributed by atoms with van der Waals surface area (Å²) >= 11 is 14.1. The minimum absolute atomic E-state index is 0. The Morgan fingerprint density at radius 2 is 1.08 bits per heavy atom. The molecule has 0 aliphatic heterocycles. The first-order valence-corrected chi connectivity index (χ1v) is 20.2. The summed E-state index contributed by atoms with van der Waals surface area (Å²) in [7, 11) is 0. The van der Waals surface area contributed by atoms with Gasteiger partial charge < -0.3 is 24.8 Å². The molecule has 0 amide bonds. The summed E-state index contributed by atoms with van der Waals surface area (Å²) in [6, 6.07) is 28.3. The van der Waals surface area contributed by atoms with Crippen LogP contribution in [0.1, 0.15) is 111 Å². The summed E-state index contributed by atoms with van der Waals surface area (Å²) in [4.78, 5) is 0. The number of hydrogen-bond donors (Lipinski definition) is 0. The van der Waals surface area contributed by atoms with Crippen LogP contribution in [0.3, 0.4) is 0 Å². The van der Waals surface area contributed by atoms with Crippen molar-refractivity contribution < 1.29 is 49.0 Å². The Morgan fingerprint density at radius 3 is 1.37 bits per heavy atom. The largest absolute Gasteiger partial charge is 1.00 e. The van der Waals surface area contributed by atoms with Crippen LogP contribution >= 0.6 is 23.2 Å². The van der Waals surface area contributed by atoms with Crippen LogP contribution in [0, 0.1) is 6.08 Å². The average Bonchev–Trinajstić information content (AvgIpc) is 3.77. The second kappa shape index (κ2) is 21.3. The Morgan fingerprint density at radius 1 is 0.673 bits per heavy atom. The van der Waals surface area contributed by atoms with Gasteiger partial charge in [0, 0.05) is 10.0 Å². The maximum Gasteiger partial charge on any atom is -0.109 e. The van der Waals surface area contributed by atoms with E-state index in [1.807, 2.05) is 36.4 Å². The van der Waals surface area contributed by atoms with Crippen molar-refractivity contribution in [2.75, 3.05) is 0 Å². The van der Waals surface area contributed by atoms with E-state index in [4.69, 9.17) is 23.2 Å². The molecule has 0 saturated heterocycles. The standard InChI is InChI=1S/C33H31Cl2.C9H18.C5H5.2ClH.Zr/c1-32(2,3)30-18-26-22(16-28(30)20-7-11-24(34)12-8-20)15-23-17-29(21-9-13-25(35)14-10-21)31(19-27(23)26)33(4,5)6;1-3-5-7-9-8-6-4-2;1-2-4-5-3-1;;;/h7-19H,1-6H3;3-8H2,1-2H3;1-3H,4H2;2*1H;/q-1;;-1;;;+2/p-2. The van der Waals surface area contributed by atoms with Gasteiger partial charge in [0.25, 0.3) is 0 Å². The van der Waals surface area contributed by atoms with Crippen molar-refractivity contribution in [3.8, 4) is 22.3 Å². The van der Waals surface area contributed by atoms with Crippen molar-refractivity contribution >= 4 is 48.0 Å². The first kappa shape index (κ1) is 46.3. The van der Waals surface area contributed by atoms with Crippen LogP contribution in [0.5, 0.6) is 0 Å². The molecule has 0 nitrogen and oxygen atoms in total. The molecule has 1 aliphatic carbocycles. The molecular weight excluding hydrogens is 798 g/mol. The Balaban J connectivity index is 0.000000462. The van der Waals surface area contributed by atoms with E-state index < -0.39 is 0 Å². The first-order valence-electron chi connectivity index (χ1n) is 18.2. The number of halogens is 4. The summed E-state index contributed by atoms with van der Waals surface area (Å²) in [5.74, 6) is 0. The summed E-state index contributed by atoms with van der Waals surface area (Å²) in [6.45, 7) is 18.3. The van der Waals surface area contributed by atoms with Crippen molar-refractivity contribution in [1.29, 1.82) is 0 Å². The van der Waals surface area contributed by atoms with Gasteiger partial charge in [0.1, 0.15) is 0 Å². The fourth-order valence-electron chi connectivity index (χ4n) is 6.33. The smallest absolute Gasteiger partial charge is 0.109 e. The summed E-state index contributed by atoms with van der Waals surface area (Å²) < 4.78 is 1.79. The van der Waals surface area contributed by atoms with Crippen LogP contribution in [0.4, 0.5) is 0 Å². The number of hydrogen-bond acceptors (Lipinski definition) is 0. The molecule has 0 unspecified atom stereocenters. The van der Waals surface area contributed by atoms with Gasteiger partial charge in [-0.3, -0.25) is 6.08 Å².